The van der Waals surface area contributed by atoms with Crippen LogP contribution in [0.25, 0.3) is 0 Å². The fourth-order valence-electron chi connectivity index (χ4n) is 2.14. The van der Waals surface area contributed by atoms with Crippen molar-refractivity contribution in [1.82, 2.24) is 0 Å². The van der Waals surface area contributed by atoms with E-state index in [1.54, 1.807) is 0 Å². The molecule has 0 aromatic heterocycles. The molecule has 0 unspecified atom stereocenters. The van der Waals surface area contributed by atoms with Gasteiger partial charge in [0.15, 0.2) is 0 Å². The molecule has 0 saturated carbocycles. The van der Waals surface area contributed by atoms with Gasteiger partial charge in [-0.25, -0.2) is 0 Å². The molecule has 0 aliphatic heterocycles. The maximum Gasteiger partial charge on any atom is 1.00 e. The predicted molar refractivity (Wildman–Crippen MR) is 66.5 cm³/mol. The summed E-state index contributed by atoms with van der Waals surface area (Å²) in [6, 6.07) is 0.784. The van der Waals surface area contributed by atoms with E-state index in [1.807, 2.05) is 0 Å². The zero-order valence-electron chi connectivity index (χ0n) is 13.1. The first-order valence-corrected chi connectivity index (χ1v) is 7.39. The van der Waals surface area contributed by atoms with Crippen LogP contribution in [-0.4, -0.2) is 48.3 Å². The van der Waals surface area contributed by atoms with Crippen molar-refractivity contribution in [2.75, 3.05) is 13.2 Å². The van der Waals surface area contributed by atoms with Crippen molar-refractivity contribution >= 4 is 22.1 Å². The summed E-state index contributed by atoms with van der Waals surface area (Å²) < 4.78 is 31.9. The van der Waals surface area contributed by atoms with E-state index in [-0.39, 0.29) is 83.1 Å². The van der Waals surface area contributed by atoms with Gasteiger partial charge in [0.25, 0.3) is 10.1 Å². The summed E-state index contributed by atoms with van der Waals surface area (Å²) in [5.41, 5.74) is -2.38. The molecule has 9 nitrogen and oxygen atoms in total. The number of aliphatic hydroxyl groups is 2. The van der Waals surface area contributed by atoms with E-state index in [0.717, 1.165) is 6.07 Å². The molecule has 0 fully saturated rings. The first kappa shape index (κ1) is 26.2. The summed E-state index contributed by atoms with van der Waals surface area (Å²) in [5, 5.41) is 40.2. The van der Waals surface area contributed by atoms with Crippen molar-refractivity contribution in [3.63, 3.8) is 0 Å². The Hall–Kier alpha value is -0.01000. The first-order chi connectivity index (χ1) is 10.1. The zero-order chi connectivity index (χ0) is 17.1. The Morgan fingerprint density at radius 3 is 1.83 bits per heavy atom. The van der Waals surface area contributed by atoms with Crippen LogP contribution in [0.15, 0.2) is 11.0 Å². The molecule has 0 aliphatic carbocycles. The van der Waals surface area contributed by atoms with Crippen LogP contribution in [0.5, 0.6) is 0 Å². The topological polar surface area (TPSA) is 175 Å². The van der Waals surface area contributed by atoms with E-state index in [1.165, 1.54) is 0 Å². The molecule has 1 aromatic carbocycles. The summed E-state index contributed by atoms with van der Waals surface area (Å²) in [4.78, 5) is 20.9. The fraction of sp³-hybridized carbons (Fsp3) is 0.333. The Morgan fingerprint density at radius 2 is 1.50 bits per heavy atom. The van der Waals surface area contributed by atoms with E-state index >= 15 is 0 Å². The number of hydrogen-bond donors (Lipinski definition) is 3. The van der Waals surface area contributed by atoms with Gasteiger partial charge in [0.2, 0.25) is 0 Å². The van der Waals surface area contributed by atoms with Gasteiger partial charge in [-0.3, -0.25) is 4.55 Å². The van der Waals surface area contributed by atoms with Gasteiger partial charge in [-0.05, 0) is 30.0 Å². The third-order valence-corrected chi connectivity index (χ3v) is 3.84. The monoisotopic (exact) mass is 378 g/mol. The minimum Gasteiger partial charge on any atom is -0.545 e. The molecule has 0 bridgehead atoms. The third-order valence-electron chi connectivity index (χ3n) is 2.90. The normalized spacial score (nSPS) is 10.5. The number of benzene rings is 1. The van der Waals surface area contributed by atoms with Crippen LogP contribution in [0.1, 0.15) is 31.8 Å². The van der Waals surface area contributed by atoms with Gasteiger partial charge in [-0.1, -0.05) is 0 Å². The molecule has 3 N–H and O–H groups in total. The molecule has 0 atom stereocenters. The molecule has 0 radical (unpaired) electrons. The van der Waals surface area contributed by atoms with Gasteiger partial charge in [-0.15, -0.1) is 0 Å². The smallest absolute Gasteiger partial charge is 0.545 e. The zero-order valence-corrected chi connectivity index (χ0v) is 17.9. The van der Waals surface area contributed by atoms with Crippen molar-refractivity contribution < 1.29 is 102 Å². The van der Waals surface area contributed by atoms with E-state index in [0.29, 0.717) is 0 Å². The van der Waals surface area contributed by atoms with Crippen LogP contribution in [0.2, 0.25) is 0 Å². The second-order valence-corrected chi connectivity index (χ2v) is 5.62. The van der Waals surface area contributed by atoms with E-state index in [9.17, 15) is 28.2 Å². The Morgan fingerprint density at radius 1 is 1.00 bits per heavy atom. The van der Waals surface area contributed by atoms with Gasteiger partial charge >= 0.3 is 59.1 Å². The van der Waals surface area contributed by atoms with Crippen LogP contribution < -0.4 is 69.3 Å². The summed E-state index contributed by atoms with van der Waals surface area (Å²) in [6.45, 7) is -1.06. The molecular formula is C12H12Na2O9S. The van der Waals surface area contributed by atoms with Gasteiger partial charge in [0, 0.05) is 24.3 Å². The number of aromatic carboxylic acids is 2. The molecule has 1 aromatic rings. The van der Waals surface area contributed by atoms with Gasteiger partial charge in [-0.2, -0.15) is 8.42 Å². The summed E-state index contributed by atoms with van der Waals surface area (Å²) in [7, 11) is -5.21. The number of hydrogen-bond acceptors (Lipinski definition) is 8. The maximum absolute atomic E-state index is 11.4. The number of rotatable bonds is 7. The summed E-state index contributed by atoms with van der Waals surface area (Å²) in [5.74, 6) is -4.07. The average Bonchev–Trinajstić information content (AvgIpc) is 2.38. The standard InChI is InChI=1S/C12H14O9S.2Na/c13-3-1-6-5-8(11(15)16)10(22(19,20)21)9(12(17)18)7(6)2-4-14;;/h5,13-14H,1-4H2,(H,15,16)(H,17,18)(H,19,20,21);;/q;2*+1/p-2. The van der Waals surface area contributed by atoms with E-state index < -0.39 is 51.3 Å². The number of carbonyl (C=O) groups is 2. The molecule has 1 rings (SSSR count). The van der Waals surface area contributed by atoms with Crippen LogP contribution in [0.4, 0.5) is 0 Å². The SMILES string of the molecule is O=C([O-])c1cc(CCO)c(CCO)c(C(=O)[O-])c1S(=O)(=O)O.[Na+].[Na+]. The van der Waals surface area contributed by atoms with Gasteiger partial charge in [0.05, 0.1) is 11.9 Å². The molecule has 12 heteroatoms. The molecule has 24 heavy (non-hydrogen) atoms. The second-order valence-electron chi connectivity index (χ2n) is 4.26. The summed E-state index contributed by atoms with van der Waals surface area (Å²) in [6.07, 6.45) is -0.532. The van der Waals surface area contributed by atoms with Crippen molar-refractivity contribution in [3.8, 4) is 0 Å². The first-order valence-electron chi connectivity index (χ1n) is 5.95. The largest absolute Gasteiger partial charge is 1.00 e. The van der Waals surface area contributed by atoms with Gasteiger partial charge < -0.3 is 30.0 Å². The Kier molecular flexibility index (Phi) is 11.9. The Bertz CT molecular complexity index is 716. The number of aliphatic hydroxyl groups excluding tert-OH is 2. The van der Waals surface area contributed by atoms with Gasteiger partial charge in [0.1, 0.15) is 4.90 Å². The molecule has 0 heterocycles. The quantitative estimate of drug-likeness (QED) is 0.307. The van der Waals surface area contributed by atoms with E-state index in [2.05, 4.69) is 0 Å². The molecule has 0 aliphatic rings. The number of carboxylic acid groups (broad SMARTS) is 2. The molecule has 0 amide bonds. The van der Waals surface area contributed by atoms with Crippen molar-refractivity contribution in [2.24, 2.45) is 0 Å². The van der Waals surface area contributed by atoms with Crippen LogP contribution in [0, 0.1) is 0 Å². The van der Waals surface area contributed by atoms with E-state index in [4.69, 9.17) is 14.8 Å². The van der Waals surface area contributed by atoms with Crippen molar-refractivity contribution in [3.05, 3.63) is 28.3 Å². The molecular weight excluding hydrogens is 366 g/mol. The minimum atomic E-state index is -5.21. The third kappa shape index (κ3) is 6.06. The number of carbonyl (C=O) groups excluding carboxylic acids is 2. The molecule has 122 valence electrons. The van der Waals surface area contributed by atoms with Crippen molar-refractivity contribution in [2.45, 2.75) is 17.7 Å². The fourth-order valence-corrected chi connectivity index (χ4v) is 3.02. The molecule has 0 saturated heterocycles. The minimum absolute atomic E-state index is 0. The van der Waals surface area contributed by atoms with Crippen LogP contribution in [-0.2, 0) is 23.0 Å². The predicted octanol–water partition coefficient (Wildman–Crippen LogP) is -9.26. The van der Waals surface area contributed by atoms with Crippen LogP contribution in [0.3, 0.4) is 0 Å². The maximum atomic E-state index is 11.4. The second kappa shape index (κ2) is 10.9. The average molecular weight is 378 g/mol. The number of carboxylic acids is 2. The van der Waals surface area contributed by atoms with Crippen molar-refractivity contribution in [1.29, 1.82) is 0 Å². The Balaban J connectivity index is 0. The van der Waals surface area contributed by atoms with Crippen LogP contribution >= 0.6 is 0 Å². The Labute approximate surface area is 182 Å². The summed E-state index contributed by atoms with van der Waals surface area (Å²) >= 11 is 0. The molecule has 0 spiro atoms.